The molecule has 0 saturated heterocycles. The molecule has 1 aromatic rings. The molecule has 3 nitrogen and oxygen atoms in total. The van der Waals surface area contributed by atoms with E-state index in [-0.39, 0.29) is 17.6 Å². The van der Waals surface area contributed by atoms with E-state index in [9.17, 15) is 18.0 Å². The molecule has 0 bridgehead atoms. The number of nitrogens with zero attached hydrogens (tertiary/aromatic N) is 1. The van der Waals surface area contributed by atoms with Crippen LogP contribution in [0.4, 0.5) is 13.2 Å². The van der Waals surface area contributed by atoms with Crippen LogP contribution in [0.2, 0.25) is 0 Å². The van der Waals surface area contributed by atoms with E-state index in [1.54, 1.807) is 0 Å². The van der Waals surface area contributed by atoms with Gasteiger partial charge in [0, 0.05) is 17.6 Å². The molecular formula is C14H17BrF3NO2. The summed E-state index contributed by atoms with van der Waals surface area (Å²) in [5, 5.41) is 8.98. The second-order valence-electron chi connectivity index (χ2n) is 4.56. The molecule has 0 fully saturated rings. The molecule has 0 atom stereocenters. The van der Waals surface area contributed by atoms with Gasteiger partial charge in [-0.1, -0.05) is 29.3 Å². The minimum atomic E-state index is -4.61. The van der Waals surface area contributed by atoms with Crippen LogP contribution in [0.1, 0.15) is 35.7 Å². The molecule has 1 rings (SSSR count). The third-order valence-corrected chi connectivity index (χ3v) is 3.45. The molecule has 21 heavy (non-hydrogen) atoms. The summed E-state index contributed by atoms with van der Waals surface area (Å²) in [6.45, 7) is 1.98. The van der Waals surface area contributed by atoms with Crippen LogP contribution in [-0.2, 0) is 6.18 Å². The largest absolute Gasteiger partial charge is 0.417 e. The van der Waals surface area contributed by atoms with Gasteiger partial charge < -0.3 is 10.0 Å². The van der Waals surface area contributed by atoms with Gasteiger partial charge in [0.25, 0.3) is 5.91 Å². The SMILES string of the molecule is CCCCN(CCO)C(=O)c1ccc(Br)cc1C(F)(F)F. The second-order valence-corrected chi connectivity index (χ2v) is 5.47. The molecule has 7 heteroatoms. The number of carbonyl (C=O) groups is 1. The lowest BCUT2D eigenvalue weighted by atomic mass is 10.1. The zero-order valence-electron chi connectivity index (χ0n) is 11.6. The first-order valence-electron chi connectivity index (χ1n) is 6.58. The molecular weight excluding hydrogens is 351 g/mol. The van der Waals surface area contributed by atoms with Gasteiger partial charge in [0.1, 0.15) is 0 Å². The van der Waals surface area contributed by atoms with E-state index < -0.39 is 23.2 Å². The summed E-state index contributed by atoms with van der Waals surface area (Å²) in [4.78, 5) is 13.6. The van der Waals surface area contributed by atoms with Crippen molar-refractivity contribution in [1.29, 1.82) is 0 Å². The maximum absolute atomic E-state index is 13.0. The first-order chi connectivity index (χ1) is 9.81. The molecule has 0 aliphatic rings. The van der Waals surface area contributed by atoms with Crippen LogP contribution < -0.4 is 0 Å². The van der Waals surface area contributed by atoms with Crippen molar-refractivity contribution in [3.8, 4) is 0 Å². The summed E-state index contributed by atoms with van der Waals surface area (Å²) in [6.07, 6.45) is -3.13. The molecule has 1 amide bonds. The maximum Gasteiger partial charge on any atom is 0.417 e. The second kappa shape index (κ2) is 7.79. The Morgan fingerprint density at radius 3 is 2.52 bits per heavy atom. The first-order valence-corrected chi connectivity index (χ1v) is 7.37. The minimum absolute atomic E-state index is 0.0200. The fourth-order valence-electron chi connectivity index (χ4n) is 1.89. The maximum atomic E-state index is 13.0. The molecule has 0 heterocycles. The predicted molar refractivity (Wildman–Crippen MR) is 77.0 cm³/mol. The van der Waals surface area contributed by atoms with Crippen molar-refractivity contribution in [3.63, 3.8) is 0 Å². The van der Waals surface area contributed by atoms with Gasteiger partial charge in [0.15, 0.2) is 0 Å². The molecule has 0 aromatic heterocycles. The zero-order valence-corrected chi connectivity index (χ0v) is 13.2. The Balaban J connectivity index is 3.15. The average molecular weight is 368 g/mol. The minimum Gasteiger partial charge on any atom is -0.395 e. The topological polar surface area (TPSA) is 40.5 Å². The normalized spacial score (nSPS) is 11.5. The smallest absolute Gasteiger partial charge is 0.395 e. The Hall–Kier alpha value is -1.08. The Morgan fingerprint density at radius 2 is 2.00 bits per heavy atom. The zero-order chi connectivity index (χ0) is 16.0. The number of halogens is 4. The van der Waals surface area contributed by atoms with Gasteiger partial charge in [-0.15, -0.1) is 0 Å². The monoisotopic (exact) mass is 367 g/mol. The molecule has 0 spiro atoms. The number of unbranched alkanes of at least 4 members (excludes halogenated alkanes) is 1. The van der Waals surface area contributed by atoms with Crippen molar-refractivity contribution in [3.05, 3.63) is 33.8 Å². The number of alkyl halides is 3. The highest BCUT2D eigenvalue weighted by molar-refractivity contribution is 9.10. The quantitative estimate of drug-likeness (QED) is 0.832. The lowest BCUT2D eigenvalue weighted by Gasteiger charge is -2.23. The predicted octanol–water partition coefficient (Wildman–Crippen LogP) is 3.70. The van der Waals surface area contributed by atoms with Crippen LogP contribution in [-0.4, -0.2) is 35.6 Å². The Kier molecular flexibility index (Phi) is 6.67. The van der Waals surface area contributed by atoms with Crippen molar-refractivity contribution in [2.45, 2.75) is 25.9 Å². The Bertz CT molecular complexity index is 492. The van der Waals surface area contributed by atoms with E-state index in [4.69, 9.17) is 5.11 Å². The molecule has 0 aliphatic carbocycles. The lowest BCUT2D eigenvalue weighted by molar-refractivity contribution is -0.138. The van der Waals surface area contributed by atoms with Crippen LogP contribution in [0.15, 0.2) is 22.7 Å². The summed E-state index contributed by atoms with van der Waals surface area (Å²) in [7, 11) is 0. The van der Waals surface area contributed by atoms with E-state index in [1.165, 1.54) is 11.0 Å². The number of hydrogen-bond donors (Lipinski definition) is 1. The number of rotatable bonds is 6. The molecule has 0 radical (unpaired) electrons. The fourth-order valence-corrected chi connectivity index (χ4v) is 2.25. The van der Waals surface area contributed by atoms with E-state index in [0.717, 1.165) is 18.6 Å². The van der Waals surface area contributed by atoms with Crippen LogP contribution in [0.3, 0.4) is 0 Å². The Labute approximate surface area is 129 Å². The number of benzene rings is 1. The Morgan fingerprint density at radius 1 is 1.33 bits per heavy atom. The van der Waals surface area contributed by atoms with E-state index in [2.05, 4.69) is 15.9 Å². The van der Waals surface area contributed by atoms with Gasteiger partial charge in [-0.05, 0) is 24.6 Å². The van der Waals surface area contributed by atoms with Gasteiger partial charge in [0.2, 0.25) is 0 Å². The van der Waals surface area contributed by atoms with Gasteiger partial charge in [-0.25, -0.2) is 0 Å². The van der Waals surface area contributed by atoms with Crippen molar-refractivity contribution in [2.75, 3.05) is 19.7 Å². The molecule has 118 valence electrons. The van der Waals surface area contributed by atoms with Crippen molar-refractivity contribution in [1.82, 2.24) is 4.90 Å². The molecule has 0 unspecified atom stereocenters. The number of amides is 1. The van der Waals surface area contributed by atoms with Crippen molar-refractivity contribution >= 4 is 21.8 Å². The third-order valence-electron chi connectivity index (χ3n) is 2.96. The summed E-state index contributed by atoms with van der Waals surface area (Å²) < 4.78 is 39.4. The molecule has 0 aliphatic heterocycles. The molecule has 0 saturated carbocycles. The fraction of sp³-hybridized carbons (Fsp3) is 0.500. The van der Waals surface area contributed by atoms with Gasteiger partial charge in [0.05, 0.1) is 17.7 Å². The van der Waals surface area contributed by atoms with Gasteiger partial charge in [-0.2, -0.15) is 13.2 Å². The number of hydrogen-bond acceptors (Lipinski definition) is 2. The molecule has 1 aromatic carbocycles. The van der Waals surface area contributed by atoms with Gasteiger partial charge >= 0.3 is 6.18 Å². The molecule has 1 N–H and O–H groups in total. The van der Waals surface area contributed by atoms with Crippen molar-refractivity contribution < 1.29 is 23.1 Å². The average Bonchev–Trinajstić information content (AvgIpc) is 2.41. The number of aliphatic hydroxyl groups is 1. The highest BCUT2D eigenvalue weighted by Crippen LogP contribution is 2.34. The third kappa shape index (κ3) is 5.00. The van der Waals surface area contributed by atoms with E-state index in [0.29, 0.717) is 13.0 Å². The summed E-state index contributed by atoms with van der Waals surface area (Å²) >= 11 is 2.98. The van der Waals surface area contributed by atoms with E-state index in [1.807, 2.05) is 6.92 Å². The van der Waals surface area contributed by atoms with E-state index >= 15 is 0 Å². The summed E-state index contributed by atoms with van der Waals surface area (Å²) in [5.74, 6) is -0.711. The van der Waals surface area contributed by atoms with Crippen LogP contribution in [0.5, 0.6) is 0 Å². The lowest BCUT2D eigenvalue weighted by Crippen LogP contribution is -2.35. The standard InChI is InChI=1S/C14H17BrF3NO2/c1-2-3-6-19(7-8-20)13(21)11-5-4-10(15)9-12(11)14(16,17)18/h4-5,9,20H,2-3,6-8H2,1H3. The van der Waals surface area contributed by atoms with Crippen molar-refractivity contribution in [2.24, 2.45) is 0 Å². The number of aliphatic hydroxyl groups excluding tert-OH is 1. The summed E-state index contributed by atoms with van der Waals surface area (Å²) in [5.41, 5.74) is -1.36. The van der Waals surface area contributed by atoms with Gasteiger partial charge in [-0.3, -0.25) is 4.79 Å². The highest BCUT2D eigenvalue weighted by Gasteiger charge is 2.36. The summed E-state index contributed by atoms with van der Waals surface area (Å²) in [6, 6.07) is 3.45. The van der Waals surface area contributed by atoms with Crippen LogP contribution in [0, 0.1) is 0 Å². The van der Waals surface area contributed by atoms with Crippen LogP contribution >= 0.6 is 15.9 Å². The number of carbonyl (C=O) groups excluding carboxylic acids is 1. The van der Waals surface area contributed by atoms with Crippen LogP contribution in [0.25, 0.3) is 0 Å². The highest BCUT2D eigenvalue weighted by atomic mass is 79.9. The first kappa shape index (κ1) is 18.0.